The fourth-order valence-corrected chi connectivity index (χ4v) is 3.28. The van der Waals surface area contributed by atoms with Crippen molar-refractivity contribution in [3.05, 3.63) is 95.0 Å². The molecule has 8 heteroatoms. The van der Waals surface area contributed by atoms with E-state index < -0.39 is 10.1 Å². The molecule has 3 rings (SSSR count). The lowest BCUT2D eigenvalue weighted by atomic mass is 10.2. The fraction of sp³-hybridized carbons (Fsp3) is 0. The Bertz CT molecular complexity index is 1080. The summed E-state index contributed by atoms with van der Waals surface area (Å²) in [5, 5.41) is 4.41. The molecule has 0 aliphatic heterocycles. The van der Waals surface area contributed by atoms with E-state index in [1.54, 1.807) is 54.6 Å². The van der Waals surface area contributed by atoms with Crippen LogP contribution in [-0.2, 0) is 10.1 Å². The first-order valence-electron chi connectivity index (χ1n) is 8.13. The van der Waals surface area contributed by atoms with Gasteiger partial charge in [-0.05, 0) is 66.2 Å². The Balaban J connectivity index is 1.60. The molecule has 28 heavy (non-hydrogen) atoms. The van der Waals surface area contributed by atoms with Crippen LogP contribution in [0.3, 0.4) is 0 Å². The molecule has 3 aromatic rings. The van der Waals surface area contributed by atoms with Gasteiger partial charge >= 0.3 is 10.1 Å². The Hall–Kier alpha value is -3.16. The zero-order chi connectivity index (χ0) is 20.0. The molecule has 0 bridgehead atoms. The Morgan fingerprint density at radius 3 is 2.21 bits per heavy atom. The SMILES string of the molecule is O=C(NN=Cc1ccc(OS(=O)(=O)c2ccccc2)cc1)c1ccc(Cl)cc1. The van der Waals surface area contributed by atoms with Crippen molar-refractivity contribution in [2.45, 2.75) is 4.90 Å². The number of halogens is 1. The van der Waals surface area contributed by atoms with Crippen molar-refractivity contribution in [3.8, 4) is 5.75 Å². The number of carbonyl (C=O) groups is 1. The molecule has 1 N–H and O–H groups in total. The number of rotatable bonds is 6. The van der Waals surface area contributed by atoms with Crippen LogP contribution in [0.1, 0.15) is 15.9 Å². The molecule has 3 aromatic carbocycles. The van der Waals surface area contributed by atoms with E-state index in [-0.39, 0.29) is 16.6 Å². The third kappa shape index (κ3) is 5.18. The standard InChI is InChI=1S/C20H15ClN2O4S/c21-17-10-8-16(9-11-17)20(24)23-22-14-15-6-12-18(13-7-15)27-28(25,26)19-4-2-1-3-5-19/h1-14H,(H,23,24). The van der Waals surface area contributed by atoms with E-state index in [4.69, 9.17) is 15.8 Å². The summed E-state index contributed by atoms with van der Waals surface area (Å²) in [5.74, 6) is -0.201. The quantitative estimate of drug-likeness (QED) is 0.377. The maximum atomic E-state index is 12.2. The first kappa shape index (κ1) is 19.6. The molecule has 1 amide bonds. The van der Waals surface area contributed by atoms with Crippen molar-refractivity contribution in [3.63, 3.8) is 0 Å². The van der Waals surface area contributed by atoms with Crippen LogP contribution in [0.4, 0.5) is 0 Å². The van der Waals surface area contributed by atoms with Crippen molar-refractivity contribution < 1.29 is 17.4 Å². The smallest absolute Gasteiger partial charge is 0.339 e. The minimum absolute atomic E-state index is 0.0746. The molecule has 0 spiro atoms. The Morgan fingerprint density at radius 2 is 1.57 bits per heavy atom. The van der Waals surface area contributed by atoms with Gasteiger partial charge in [0.1, 0.15) is 10.6 Å². The van der Waals surface area contributed by atoms with Crippen molar-refractivity contribution in [2.75, 3.05) is 0 Å². The topological polar surface area (TPSA) is 84.8 Å². The lowest BCUT2D eigenvalue weighted by Crippen LogP contribution is -2.17. The highest BCUT2D eigenvalue weighted by atomic mass is 35.5. The van der Waals surface area contributed by atoms with E-state index >= 15 is 0 Å². The molecule has 0 unspecified atom stereocenters. The lowest BCUT2D eigenvalue weighted by molar-refractivity contribution is 0.0955. The van der Waals surface area contributed by atoms with Gasteiger partial charge in [-0.1, -0.05) is 29.8 Å². The van der Waals surface area contributed by atoms with Crippen LogP contribution < -0.4 is 9.61 Å². The lowest BCUT2D eigenvalue weighted by Gasteiger charge is -2.07. The molecule has 0 aromatic heterocycles. The predicted octanol–water partition coefficient (Wildman–Crippen LogP) is 3.87. The minimum atomic E-state index is -3.89. The molecule has 0 aliphatic rings. The highest BCUT2D eigenvalue weighted by molar-refractivity contribution is 7.87. The summed E-state index contributed by atoms with van der Waals surface area (Å²) in [6.45, 7) is 0. The number of hydrogen-bond donors (Lipinski definition) is 1. The molecule has 0 saturated carbocycles. The number of nitrogens with zero attached hydrogens (tertiary/aromatic N) is 1. The summed E-state index contributed by atoms with van der Waals surface area (Å²) in [6, 6.07) is 20.5. The number of hydrazone groups is 1. The van der Waals surface area contributed by atoms with Gasteiger partial charge in [0, 0.05) is 10.6 Å². The molecular formula is C20H15ClN2O4S. The van der Waals surface area contributed by atoms with E-state index in [1.807, 2.05) is 0 Å². The van der Waals surface area contributed by atoms with E-state index in [0.717, 1.165) is 0 Å². The molecule has 6 nitrogen and oxygen atoms in total. The van der Waals surface area contributed by atoms with Crippen LogP contribution in [-0.4, -0.2) is 20.5 Å². The fourth-order valence-electron chi connectivity index (χ4n) is 2.20. The summed E-state index contributed by atoms with van der Waals surface area (Å²) in [5.41, 5.74) is 3.48. The number of amides is 1. The van der Waals surface area contributed by atoms with E-state index in [1.165, 1.54) is 30.5 Å². The second-order valence-electron chi connectivity index (χ2n) is 5.63. The molecular weight excluding hydrogens is 400 g/mol. The van der Waals surface area contributed by atoms with Gasteiger partial charge in [-0.25, -0.2) is 5.43 Å². The first-order valence-corrected chi connectivity index (χ1v) is 9.91. The van der Waals surface area contributed by atoms with Gasteiger partial charge < -0.3 is 4.18 Å². The van der Waals surface area contributed by atoms with Crippen molar-refractivity contribution in [1.29, 1.82) is 0 Å². The number of carbonyl (C=O) groups excluding carboxylic acids is 1. The number of hydrogen-bond acceptors (Lipinski definition) is 5. The van der Waals surface area contributed by atoms with Gasteiger partial charge in [-0.3, -0.25) is 4.79 Å². The van der Waals surface area contributed by atoms with Crippen molar-refractivity contribution in [2.24, 2.45) is 5.10 Å². The van der Waals surface area contributed by atoms with Crippen LogP contribution in [0.25, 0.3) is 0 Å². The molecule has 0 atom stereocenters. The average Bonchev–Trinajstić information content (AvgIpc) is 2.70. The largest absolute Gasteiger partial charge is 0.379 e. The molecule has 0 fully saturated rings. The van der Waals surface area contributed by atoms with Crippen molar-refractivity contribution in [1.82, 2.24) is 5.43 Å². The summed E-state index contributed by atoms with van der Waals surface area (Å²) >= 11 is 5.78. The molecule has 0 radical (unpaired) electrons. The normalized spacial score (nSPS) is 11.3. The van der Waals surface area contributed by atoms with Gasteiger partial charge in [-0.2, -0.15) is 13.5 Å². The van der Waals surface area contributed by atoms with E-state index in [2.05, 4.69) is 10.5 Å². The van der Waals surface area contributed by atoms with E-state index in [0.29, 0.717) is 16.1 Å². The summed E-state index contributed by atoms with van der Waals surface area (Å²) in [6.07, 6.45) is 1.43. The van der Waals surface area contributed by atoms with Crippen LogP contribution in [0.5, 0.6) is 5.75 Å². The third-order valence-corrected chi connectivity index (χ3v) is 5.12. The minimum Gasteiger partial charge on any atom is -0.379 e. The highest BCUT2D eigenvalue weighted by Crippen LogP contribution is 2.18. The van der Waals surface area contributed by atoms with Gasteiger partial charge in [0.2, 0.25) is 0 Å². The first-order chi connectivity index (χ1) is 13.4. The van der Waals surface area contributed by atoms with Gasteiger partial charge in [0.25, 0.3) is 5.91 Å². The van der Waals surface area contributed by atoms with Crippen LogP contribution in [0, 0.1) is 0 Å². The highest BCUT2D eigenvalue weighted by Gasteiger charge is 2.15. The second-order valence-corrected chi connectivity index (χ2v) is 7.61. The average molecular weight is 415 g/mol. The second kappa shape index (κ2) is 8.69. The maximum absolute atomic E-state index is 12.2. The van der Waals surface area contributed by atoms with Crippen LogP contribution in [0.2, 0.25) is 5.02 Å². The maximum Gasteiger partial charge on any atom is 0.339 e. The molecule has 0 aliphatic carbocycles. The summed E-state index contributed by atoms with van der Waals surface area (Å²) in [7, 11) is -3.89. The van der Waals surface area contributed by atoms with Gasteiger partial charge in [0.15, 0.2) is 0 Å². The monoisotopic (exact) mass is 414 g/mol. The van der Waals surface area contributed by atoms with E-state index in [9.17, 15) is 13.2 Å². The zero-order valence-electron chi connectivity index (χ0n) is 14.4. The Kier molecular flexibility index (Phi) is 6.08. The number of nitrogens with one attached hydrogen (secondary N) is 1. The zero-order valence-corrected chi connectivity index (χ0v) is 16.0. The summed E-state index contributed by atoms with van der Waals surface area (Å²) in [4.78, 5) is 12.0. The molecule has 0 saturated heterocycles. The summed E-state index contributed by atoms with van der Waals surface area (Å²) < 4.78 is 29.5. The predicted molar refractivity (Wildman–Crippen MR) is 107 cm³/mol. The van der Waals surface area contributed by atoms with Crippen LogP contribution >= 0.6 is 11.6 Å². The Labute approximate surface area is 167 Å². The van der Waals surface area contributed by atoms with Gasteiger partial charge in [0.05, 0.1) is 6.21 Å². The van der Waals surface area contributed by atoms with Crippen molar-refractivity contribution >= 4 is 33.8 Å². The van der Waals surface area contributed by atoms with Gasteiger partial charge in [-0.15, -0.1) is 0 Å². The number of benzene rings is 3. The van der Waals surface area contributed by atoms with Crippen LogP contribution in [0.15, 0.2) is 88.9 Å². The molecule has 142 valence electrons. The Morgan fingerprint density at radius 1 is 0.929 bits per heavy atom. The molecule has 0 heterocycles. The third-order valence-electron chi connectivity index (χ3n) is 3.60.